The van der Waals surface area contributed by atoms with Crippen molar-refractivity contribution >= 4 is 29.8 Å². The molecule has 1 aliphatic carbocycles. The molecular formula is C24H29BOS. The molecular weight excluding hydrogens is 347 g/mol. The lowest BCUT2D eigenvalue weighted by Gasteiger charge is -2.35. The standard InChI is InChI=1S/C23H24O.CH5BS/c1-15-4-5-17-13-18(7-6-16(17)12-15)19-8-9-21-20(14-19)22(24)10-11-23(21,2)3;1-2-3/h4-9,12-14,22,24H,10-11H2,1-3H3;2-3H,1H3/i24T;2D. The molecule has 0 radical (unpaired) electrons. The van der Waals surface area contributed by atoms with Gasteiger partial charge in [-0.05, 0) is 71.7 Å². The summed E-state index contributed by atoms with van der Waals surface area (Å²) in [5.74, 6) is 0. The monoisotopic (exact) mass is 379 g/mol. The summed E-state index contributed by atoms with van der Waals surface area (Å²) in [6.45, 7) is 8.16. The fourth-order valence-corrected chi connectivity index (χ4v) is 3.95. The predicted octanol–water partition coefficient (Wildman–Crippen LogP) is 6.24. The average Bonchev–Trinajstić information content (AvgIpc) is 2.67. The van der Waals surface area contributed by atoms with Crippen molar-refractivity contribution in [3.05, 3.63) is 71.3 Å². The number of aryl methyl sites for hydroxylation is 1. The molecule has 27 heavy (non-hydrogen) atoms. The minimum absolute atomic E-state index is 0.119. The number of hydrogen-bond donors (Lipinski definition) is 2. The molecule has 0 fully saturated rings. The maximum Gasteiger partial charge on any atom is 0.211 e. The zero-order valence-corrected chi connectivity index (χ0v) is 17.5. The van der Waals surface area contributed by atoms with Crippen molar-refractivity contribution in [2.45, 2.75) is 52.0 Å². The van der Waals surface area contributed by atoms with Gasteiger partial charge in [-0.3, -0.25) is 0 Å². The van der Waals surface area contributed by atoms with E-state index in [1.165, 1.54) is 38.6 Å². The average molecular weight is 379 g/mol. The zero-order chi connectivity index (χ0) is 21.2. The lowest BCUT2D eigenvalue weighted by molar-refractivity contribution is 0.139. The normalized spacial score (nSPS) is 18.6. The van der Waals surface area contributed by atoms with Crippen LogP contribution < -0.4 is 0 Å². The van der Waals surface area contributed by atoms with Crippen LogP contribution >= 0.6 is 12.5 Å². The highest BCUT2D eigenvalue weighted by molar-refractivity contribution is 8.06. The molecule has 140 valence electrons. The Morgan fingerprint density at radius 3 is 2.48 bits per heavy atom. The van der Waals surface area contributed by atoms with Crippen LogP contribution in [0.2, 0.25) is 6.82 Å². The quantitative estimate of drug-likeness (QED) is 0.399. The first-order valence-electron chi connectivity index (χ1n) is 10.6. The van der Waals surface area contributed by atoms with Gasteiger partial charge in [0.05, 0.1) is 6.10 Å². The fourth-order valence-electron chi connectivity index (χ4n) is 3.95. The van der Waals surface area contributed by atoms with Crippen LogP contribution in [-0.4, -0.2) is 14.4 Å². The molecule has 0 saturated heterocycles. The van der Waals surface area contributed by atoms with Crippen molar-refractivity contribution < 1.29 is 5.11 Å². The Hall–Kier alpha value is -1.71. The molecule has 0 saturated carbocycles. The Balaban J connectivity index is 0.000000552. The van der Waals surface area contributed by atoms with Crippen LogP contribution in [0.3, 0.4) is 0 Å². The highest BCUT2D eigenvalue weighted by Crippen LogP contribution is 2.43. The largest absolute Gasteiger partial charge is 0.388 e. The van der Waals surface area contributed by atoms with E-state index < -0.39 is 0 Å². The van der Waals surface area contributed by atoms with Gasteiger partial charge in [0.2, 0.25) is 1.43 Å². The number of fused-ring (bicyclic) bond motifs is 2. The van der Waals surface area contributed by atoms with Crippen molar-refractivity contribution in [2.24, 2.45) is 0 Å². The Morgan fingerprint density at radius 2 is 1.74 bits per heavy atom. The first-order valence-corrected chi connectivity index (χ1v) is 10.1. The molecule has 0 heterocycles. The molecule has 4 rings (SSSR count). The molecule has 1 aliphatic rings. The second-order valence-electron chi connectivity index (χ2n) is 8.04. The van der Waals surface area contributed by atoms with Gasteiger partial charge in [0.15, 0.2) is 6.52 Å². The van der Waals surface area contributed by atoms with Crippen molar-refractivity contribution in [2.75, 3.05) is 0 Å². The molecule has 3 aromatic carbocycles. The number of thiol groups is 1. The molecule has 0 bridgehead atoms. The van der Waals surface area contributed by atoms with Crippen LogP contribution in [0.15, 0.2) is 54.6 Å². The van der Waals surface area contributed by atoms with Gasteiger partial charge in [-0.1, -0.05) is 68.7 Å². The third-order valence-electron chi connectivity index (χ3n) is 5.49. The van der Waals surface area contributed by atoms with E-state index in [0.29, 0.717) is 0 Å². The lowest BCUT2D eigenvalue weighted by Crippen LogP contribution is -2.26. The summed E-state index contributed by atoms with van der Waals surface area (Å²) in [7, 11) is 0. The number of aliphatic hydroxyl groups excluding tert-OH is 1. The molecule has 1 N–H and O–H groups in total. The SMILES string of the molecule is [2H]B(C)S.[3H]OC1CCC(C)(C)c2ccc(-c3ccc4cc(C)ccc4c3)cc21. The highest BCUT2D eigenvalue weighted by Gasteiger charge is 2.31. The fraction of sp³-hybridized carbons (Fsp3) is 0.333. The summed E-state index contributed by atoms with van der Waals surface area (Å²) in [5, 5.41) is 7.57. The minimum atomic E-state index is -0.222. The summed E-state index contributed by atoms with van der Waals surface area (Å²) < 4.78 is 13.9. The lowest BCUT2D eigenvalue weighted by atomic mass is 9.71. The Morgan fingerprint density at radius 1 is 1.11 bits per heavy atom. The summed E-state index contributed by atoms with van der Waals surface area (Å²) in [4.78, 5) is 0. The maximum absolute atomic E-state index is 7.46. The van der Waals surface area contributed by atoms with Crippen LogP contribution in [0.4, 0.5) is 0 Å². The molecule has 1 unspecified atom stereocenters. The maximum atomic E-state index is 7.46. The van der Waals surface area contributed by atoms with Gasteiger partial charge in [-0.25, -0.2) is 12.5 Å². The van der Waals surface area contributed by atoms with Gasteiger partial charge in [-0.15, -0.1) is 0 Å². The second-order valence-corrected chi connectivity index (χ2v) is 8.55. The molecule has 3 heteroatoms. The van der Waals surface area contributed by atoms with Gasteiger partial charge >= 0.3 is 0 Å². The van der Waals surface area contributed by atoms with Gasteiger partial charge in [0.1, 0.15) is 0 Å². The zero-order valence-electron chi connectivity index (χ0n) is 18.6. The summed E-state index contributed by atoms with van der Waals surface area (Å²) in [6.07, 6.45) is 1.84. The first-order chi connectivity index (χ1) is 13.7. The molecule has 0 spiro atoms. The molecule has 3 aromatic rings. The van der Waals surface area contributed by atoms with Gasteiger partial charge in [0, 0.05) is 0 Å². The third-order valence-corrected chi connectivity index (χ3v) is 5.49. The topological polar surface area (TPSA) is 20.2 Å². The Labute approximate surface area is 172 Å². The smallest absolute Gasteiger partial charge is 0.211 e. The van der Waals surface area contributed by atoms with E-state index in [9.17, 15) is 0 Å². The Kier molecular flexibility index (Phi) is 5.23. The minimum Gasteiger partial charge on any atom is -0.388 e. The summed E-state index contributed by atoms with van der Waals surface area (Å²) in [5.41, 5.74) is 6.33. The van der Waals surface area contributed by atoms with Gasteiger partial charge in [0.25, 0.3) is 0 Å². The molecule has 0 aliphatic heterocycles. The van der Waals surface area contributed by atoms with Crippen LogP contribution in [0, 0.1) is 6.92 Å². The van der Waals surface area contributed by atoms with Crippen LogP contribution in [0.5, 0.6) is 0 Å². The van der Waals surface area contributed by atoms with E-state index >= 15 is 0 Å². The van der Waals surface area contributed by atoms with E-state index in [1.807, 2.05) is 0 Å². The van der Waals surface area contributed by atoms with E-state index in [2.05, 4.69) is 87.8 Å². The van der Waals surface area contributed by atoms with E-state index in [1.54, 1.807) is 6.82 Å². The molecule has 1 nitrogen and oxygen atoms in total. The number of rotatable bonds is 2. The molecule has 0 aromatic heterocycles. The number of aliphatic hydroxyl groups is 1. The van der Waals surface area contributed by atoms with Crippen LogP contribution in [0.25, 0.3) is 21.9 Å². The summed E-state index contributed by atoms with van der Waals surface area (Å²) in [6, 6.07) is 19.9. The van der Waals surface area contributed by atoms with Crippen molar-refractivity contribution in [3.8, 4) is 11.1 Å². The van der Waals surface area contributed by atoms with Gasteiger partial charge in [-0.2, -0.15) is 0 Å². The predicted molar refractivity (Wildman–Crippen MR) is 123 cm³/mol. The van der Waals surface area contributed by atoms with Crippen molar-refractivity contribution in [1.82, 2.24) is 0 Å². The first kappa shape index (κ1) is 17.4. The second kappa shape index (κ2) is 8.12. The third kappa shape index (κ3) is 4.25. The van der Waals surface area contributed by atoms with Crippen LogP contribution in [-0.2, 0) is 5.41 Å². The molecule has 0 amide bonds. The highest BCUT2D eigenvalue weighted by atomic mass is 32.1. The number of benzene rings is 3. The van der Waals surface area contributed by atoms with Crippen LogP contribution in [0.1, 0.15) is 49.5 Å². The van der Waals surface area contributed by atoms with Crippen molar-refractivity contribution in [1.29, 1.82) is 2.77 Å². The number of hydrogen-bond acceptors (Lipinski definition) is 2. The van der Waals surface area contributed by atoms with Gasteiger partial charge < -0.3 is 5.11 Å². The Bertz CT molecular complexity index is 1000. The summed E-state index contributed by atoms with van der Waals surface area (Å²) >= 11 is 3.63. The van der Waals surface area contributed by atoms with E-state index in [-0.39, 0.29) is 18.0 Å². The molecule has 1 atom stereocenters. The van der Waals surface area contributed by atoms with E-state index in [0.717, 1.165) is 12.8 Å². The van der Waals surface area contributed by atoms with Crippen molar-refractivity contribution in [3.63, 3.8) is 0 Å². The van der Waals surface area contributed by atoms with E-state index in [4.69, 9.17) is 7.88 Å².